The molecule has 0 saturated heterocycles. The Hall–Kier alpha value is -2.06. The van der Waals surface area contributed by atoms with Gasteiger partial charge in [-0.05, 0) is 87.4 Å². The van der Waals surface area contributed by atoms with Crippen molar-refractivity contribution in [3.8, 4) is 0 Å². The third-order valence-corrected chi connectivity index (χ3v) is 9.27. The quantitative estimate of drug-likeness (QED) is 0.433. The maximum absolute atomic E-state index is 16.2. The molecule has 4 N–H and O–H groups in total. The fourth-order valence-electron chi connectivity index (χ4n) is 7.55. The topological polar surface area (TPSA) is 98.8 Å². The predicted molar refractivity (Wildman–Crippen MR) is 138 cm³/mol. The predicted octanol–water partition coefficient (Wildman–Crippen LogP) is 4.47. The van der Waals surface area contributed by atoms with Crippen LogP contribution in [0.4, 0.5) is 4.39 Å². The van der Waals surface area contributed by atoms with Gasteiger partial charge in [0.1, 0.15) is 17.3 Å². The van der Waals surface area contributed by atoms with Gasteiger partial charge < -0.3 is 25.1 Å². The molecule has 7 atom stereocenters. The van der Waals surface area contributed by atoms with E-state index in [0.29, 0.717) is 50.0 Å². The minimum Gasteiger partial charge on any atom is -0.441 e. The number of alkyl halides is 1. The maximum Gasteiger partial charge on any atom is 0.192 e. The summed E-state index contributed by atoms with van der Waals surface area (Å²) in [5, 5.41) is 36.3. The van der Waals surface area contributed by atoms with Crippen molar-refractivity contribution in [2.75, 3.05) is 14.1 Å². The number of nitrogens with zero attached hydrogens (tertiary/aromatic N) is 1. The lowest BCUT2D eigenvalue weighted by Gasteiger charge is -2.50. The molecular formula is C29H39FN2O4. The molecule has 0 spiro atoms. The number of aromatic nitrogens is 1. The maximum atomic E-state index is 16.2. The fraction of sp³-hybridized carbons (Fsp3) is 0.621. The van der Waals surface area contributed by atoms with Crippen molar-refractivity contribution < 1.29 is 24.1 Å². The van der Waals surface area contributed by atoms with Crippen LogP contribution < -0.4 is 5.32 Å². The van der Waals surface area contributed by atoms with Gasteiger partial charge in [-0.25, -0.2) is 9.37 Å². The molecule has 0 amide bonds. The van der Waals surface area contributed by atoms with Crippen molar-refractivity contribution in [1.29, 1.82) is 0 Å². The zero-order valence-corrected chi connectivity index (χ0v) is 21.7. The molecule has 6 nitrogen and oxygen atoms in total. The normalized spacial score (nSPS) is 39.7. The van der Waals surface area contributed by atoms with Crippen LogP contribution in [0.3, 0.4) is 0 Å². The van der Waals surface area contributed by atoms with E-state index in [1.807, 2.05) is 45.3 Å². The molecular weight excluding hydrogens is 459 g/mol. The summed E-state index contributed by atoms with van der Waals surface area (Å²) < 4.78 is 21.8. The van der Waals surface area contributed by atoms with Gasteiger partial charge in [-0.1, -0.05) is 25.1 Å². The molecule has 1 heterocycles. The highest BCUT2D eigenvalue weighted by Crippen LogP contribution is 2.63. The largest absolute Gasteiger partial charge is 0.441 e. The van der Waals surface area contributed by atoms with Gasteiger partial charge in [-0.2, -0.15) is 0 Å². The number of nitrogens with one attached hydrogen (secondary N) is 1. The van der Waals surface area contributed by atoms with Crippen LogP contribution in [0.25, 0.3) is 16.7 Å². The molecule has 2 aromatic rings. The first-order valence-electron chi connectivity index (χ1n) is 13.2. The lowest BCUT2D eigenvalue weighted by Crippen LogP contribution is -2.55. The van der Waals surface area contributed by atoms with Crippen molar-refractivity contribution in [2.24, 2.45) is 17.3 Å². The van der Waals surface area contributed by atoms with E-state index >= 15 is 4.39 Å². The summed E-state index contributed by atoms with van der Waals surface area (Å²) in [6.45, 7) is 4.01. The Balaban J connectivity index is 0.000000848. The van der Waals surface area contributed by atoms with E-state index in [1.165, 1.54) is 5.57 Å². The molecule has 1 aromatic carbocycles. The number of benzene rings is 1. The van der Waals surface area contributed by atoms with Crippen LogP contribution in [0.1, 0.15) is 63.3 Å². The molecule has 6 unspecified atom stereocenters. The van der Waals surface area contributed by atoms with Gasteiger partial charge in [0.2, 0.25) is 0 Å². The third kappa shape index (κ3) is 3.78. The summed E-state index contributed by atoms with van der Waals surface area (Å²) in [6.07, 6.45) is 5.26. The van der Waals surface area contributed by atoms with Gasteiger partial charge in [0.05, 0.1) is 11.7 Å². The number of oxazole rings is 1. The molecule has 6 rings (SSSR count). The average molecular weight is 499 g/mol. The Bertz CT molecular complexity index is 1210. The monoisotopic (exact) mass is 498 g/mol. The van der Waals surface area contributed by atoms with E-state index in [4.69, 9.17) is 4.42 Å². The number of halogens is 1. The first kappa shape index (κ1) is 25.6. The van der Waals surface area contributed by atoms with E-state index < -0.39 is 23.5 Å². The number of hydrogen-bond donors (Lipinski definition) is 4. The van der Waals surface area contributed by atoms with Crippen molar-refractivity contribution in [3.05, 3.63) is 47.4 Å². The molecule has 7 heteroatoms. The summed E-state index contributed by atoms with van der Waals surface area (Å²) in [6, 6.07) is 6.03. The number of rotatable bonds is 1. The molecule has 0 bridgehead atoms. The first-order chi connectivity index (χ1) is 17.1. The van der Waals surface area contributed by atoms with E-state index in [-0.39, 0.29) is 23.7 Å². The number of allylic oxidation sites excluding steroid dienone is 3. The second-order valence-corrected chi connectivity index (χ2v) is 11.5. The summed E-state index contributed by atoms with van der Waals surface area (Å²) >= 11 is 0. The van der Waals surface area contributed by atoms with Crippen LogP contribution in [0, 0.1) is 24.2 Å². The molecule has 2 fully saturated rings. The average Bonchev–Trinajstić information content (AvgIpc) is 3.35. The molecule has 196 valence electrons. The summed E-state index contributed by atoms with van der Waals surface area (Å²) in [7, 11) is 3.75. The Morgan fingerprint density at radius 1 is 1.14 bits per heavy atom. The molecule has 4 aliphatic carbocycles. The highest BCUT2D eigenvalue weighted by Gasteiger charge is 2.62. The van der Waals surface area contributed by atoms with Crippen LogP contribution >= 0.6 is 0 Å². The number of aryl methyl sites for hydroxylation is 1. The van der Waals surface area contributed by atoms with Crippen molar-refractivity contribution in [3.63, 3.8) is 0 Å². The van der Waals surface area contributed by atoms with Gasteiger partial charge in [0.15, 0.2) is 11.5 Å². The molecule has 2 saturated carbocycles. The van der Waals surface area contributed by atoms with Gasteiger partial charge >= 0.3 is 0 Å². The smallest absolute Gasteiger partial charge is 0.192 e. The highest BCUT2D eigenvalue weighted by atomic mass is 19.1. The van der Waals surface area contributed by atoms with Gasteiger partial charge in [-0.3, -0.25) is 0 Å². The Labute approximate surface area is 212 Å². The summed E-state index contributed by atoms with van der Waals surface area (Å²) in [5.41, 5.74) is 0.757. The lowest BCUT2D eigenvalue weighted by molar-refractivity contribution is -0.0963. The zero-order valence-electron chi connectivity index (χ0n) is 21.7. The van der Waals surface area contributed by atoms with Crippen LogP contribution in [-0.4, -0.2) is 57.9 Å². The number of aliphatic hydroxyl groups is 3. The van der Waals surface area contributed by atoms with Crippen molar-refractivity contribution >= 4 is 16.7 Å². The van der Waals surface area contributed by atoms with E-state index in [0.717, 1.165) is 16.7 Å². The van der Waals surface area contributed by atoms with Crippen LogP contribution in [-0.2, 0) is 0 Å². The van der Waals surface area contributed by atoms with Gasteiger partial charge in [0.25, 0.3) is 0 Å². The fourth-order valence-corrected chi connectivity index (χ4v) is 7.55. The summed E-state index contributed by atoms with van der Waals surface area (Å²) in [5.74, 6) is 0.146. The van der Waals surface area contributed by atoms with Gasteiger partial charge in [-0.15, -0.1) is 0 Å². The minimum absolute atomic E-state index is 0.0607. The van der Waals surface area contributed by atoms with Gasteiger partial charge in [0, 0.05) is 24.7 Å². The standard InChI is InChI=1S/C27H32FNO4.C2H7N/c1-15-29-21-13-16(3-7-22(21)33-15)19-6-8-23-25(19,2)11-10-20-24(31)26(28)14-18(30)5-4-17(26)9-12-27(20,23)32;1-3-2/h3,6-7,10,13,17-18,23-24,30-32H,4-5,8-9,11-12,14H2,1-2H3;3H,1-2H3/t17?,18?,23?,24?,25?,26?,27-;/m1./s1. The zero-order chi connectivity index (χ0) is 25.9. The second-order valence-electron chi connectivity index (χ2n) is 11.5. The minimum atomic E-state index is -1.88. The highest BCUT2D eigenvalue weighted by molar-refractivity contribution is 5.82. The van der Waals surface area contributed by atoms with E-state index in [1.54, 1.807) is 0 Å². The van der Waals surface area contributed by atoms with E-state index in [9.17, 15) is 15.3 Å². The Morgan fingerprint density at radius 2 is 1.89 bits per heavy atom. The molecule has 0 aliphatic heterocycles. The van der Waals surface area contributed by atoms with Crippen molar-refractivity contribution in [1.82, 2.24) is 10.3 Å². The van der Waals surface area contributed by atoms with Crippen LogP contribution in [0.15, 0.2) is 40.3 Å². The molecule has 1 aromatic heterocycles. The third-order valence-electron chi connectivity index (χ3n) is 9.27. The van der Waals surface area contributed by atoms with Crippen LogP contribution in [0.5, 0.6) is 0 Å². The molecule has 4 aliphatic rings. The van der Waals surface area contributed by atoms with E-state index in [2.05, 4.69) is 23.3 Å². The van der Waals surface area contributed by atoms with Crippen LogP contribution in [0.2, 0.25) is 0 Å². The summed E-state index contributed by atoms with van der Waals surface area (Å²) in [4.78, 5) is 4.48. The second kappa shape index (κ2) is 9.05. The Kier molecular flexibility index (Phi) is 6.43. The lowest BCUT2D eigenvalue weighted by atomic mass is 9.57. The number of fused-ring (bicyclic) bond motifs is 5. The SMILES string of the molecule is CNC.Cc1nc2cc(C3=CCC4C3(C)CC=C3C(O)C5(F)CC(O)CCC5CC[C@@]34O)ccc2o1. The number of hydrogen-bond acceptors (Lipinski definition) is 6. The first-order valence-corrected chi connectivity index (χ1v) is 13.2. The number of aliphatic hydroxyl groups excluding tert-OH is 2. The Morgan fingerprint density at radius 3 is 2.64 bits per heavy atom. The molecule has 0 radical (unpaired) electrons. The molecule has 36 heavy (non-hydrogen) atoms. The van der Waals surface area contributed by atoms with Crippen molar-refractivity contribution in [2.45, 2.75) is 82.3 Å².